The molecule has 154 valence electrons. The number of phenols is 1. The summed E-state index contributed by atoms with van der Waals surface area (Å²) in [5.74, 6) is 0.514. The van der Waals surface area contributed by atoms with Crippen LogP contribution in [0.3, 0.4) is 0 Å². The summed E-state index contributed by atoms with van der Waals surface area (Å²) in [5.41, 5.74) is 2.23. The van der Waals surface area contributed by atoms with E-state index in [4.69, 9.17) is 0 Å². The van der Waals surface area contributed by atoms with Crippen molar-refractivity contribution in [2.75, 3.05) is 18.4 Å². The minimum atomic E-state index is -0.0304. The van der Waals surface area contributed by atoms with Crippen LogP contribution in [0.25, 0.3) is 11.4 Å². The normalized spacial score (nSPS) is 25.2. The number of nitrogens with one attached hydrogen (secondary N) is 1. The van der Waals surface area contributed by atoms with Crippen LogP contribution in [0.5, 0.6) is 5.75 Å². The maximum atomic E-state index is 12.8. The number of hydrogen-bond donors (Lipinski definition) is 2. The maximum absolute atomic E-state index is 12.8. The Bertz CT molecular complexity index is 1040. The molecule has 5 heterocycles. The number of fused-ring (bicyclic) bond motifs is 3. The van der Waals surface area contributed by atoms with Crippen molar-refractivity contribution in [3.8, 4) is 17.1 Å². The molecule has 2 aromatic heterocycles. The predicted octanol–water partition coefficient (Wildman–Crippen LogP) is 2.39. The maximum Gasteiger partial charge on any atom is 0.229 e. The first-order valence-electron chi connectivity index (χ1n) is 10.3. The first-order valence-corrected chi connectivity index (χ1v) is 10.3. The number of carbonyl (C=O) groups is 1. The summed E-state index contributed by atoms with van der Waals surface area (Å²) in [6.45, 7) is 2.52. The number of carbonyl (C=O) groups excluding carboxylic acids is 1. The fraction of sp³-hybridized carbons (Fsp3) is 0.364. The van der Waals surface area contributed by atoms with Gasteiger partial charge in [0, 0.05) is 30.5 Å². The van der Waals surface area contributed by atoms with Crippen LogP contribution in [0.1, 0.15) is 12.8 Å². The van der Waals surface area contributed by atoms with Crippen molar-refractivity contribution in [1.29, 1.82) is 0 Å². The largest absolute Gasteiger partial charge is 0.508 e. The van der Waals surface area contributed by atoms with Crippen LogP contribution < -0.4 is 5.32 Å². The zero-order valence-electron chi connectivity index (χ0n) is 16.6. The van der Waals surface area contributed by atoms with Gasteiger partial charge in [-0.2, -0.15) is 0 Å². The molecule has 0 aliphatic carbocycles. The lowest BCUT2D eigenvalue weighted by Crippen LogP contribution is -2.57. The van der Waals surface area contributed by atoms with E-state index in [2.05, 4.69) is 25.5 Å². The molecule has 8 heteroatoms. The lowest BCUT2D eigenvalue weighted by atomic mass is 9.75. The van der Waals surface area contributed by atoms with Gasteiger partial charge in [-0.15, -0.1) is 5.10 Å². The molecule has 3 fully saturated rings. The van der Waals surface area contributed by atoms with Crippen molar-refractivity contribution in [3.05, 3.63) is 54.9 Å². The number of aromatic hydroxyl groups is 1. The first kappa shape index (κ1) is 18.7. The fourth-order valence-corrected chi connectivity index (χ4v) is 4.68. The smallest absolute Gasteiger partial charge is 0.229 e. The molecule has 30 heavy (non-hydrogen) atoms. The molecule has 3 saturated heterocycles. The van der Waals surface area contributed by atoms with Gasteiger partial charge in [0.05, 0.1) is 24.4 Å². The number of piperidine rings is 3. The average Bonchev–Trinajstić information content (AvgIpc) is 3.23. The van der Waals surface area contributed by atoms with Crippen LogP contribution >= 0.6 is 0 Å². The molecule has 1 unspecified atom stereocenters. The van der Waals surface area contributed by atoms with E-state index < -0.39 is 0 Å². The van der Waals surface area contributed by atoms with Gasteiger partial charge in [0.1, 0.15) is 11.4 Å². The molecule has 4 atom stereocenters. The fourth-order valence-electron chi connectivity index (χ4n) is 4.68. The Labute approximate surface area is 174 Å². The number of anilines is 1. The summed E-state index contributed by atoms with van der Waals surface area (Å²) >= 11 is 0. The number of phenolic OH excluding ortho intramolecular Hbond substituents is 1. The summed E-state index contributed by atoms with van der Waals surface area (Å²) < 4.78 is 1.89. The van der Waals surface area contributed by atoms with Crippen molar-refractivity contribution in [2.24, 2.45) is 11.8 Å². The van der Waals surface area contributed by atoms with Gasteiger partial charge < -0.3 is 10.4 Å². The van der Waals surface area contributed by atoms with E-state index in [1.165, 1.54) is 0 Å². The van der Waals surface area contributed by atoms with Crippen LogP contribution in [-0.4, -0.2) is 55.0 Å². The number of rotatable bonds is 5. The number of pyridine rings is 1. The molecule has 0 saturated carbocycles. The zero-order chi connectivity index (χ0) is 20.5. The number of hydrogen-bond acceptors (Lipinski definition) is 6. The highest BCUT2D eigenvalue weighted by molar-refractivity contribution is 5.93. The first-order chi connectivity index (χ1) is 14.7. The molecule has 3 aliphatic rings. The SMILES string of the molecule is O=C(Nc1cccc(O)c1)[C@H]1CN2CC[C@H]1C[C@@H]2Cn1cc(-c2ccccn2)nn1. The molecule has 2 bridgehead atoms. The second-order valence-corrected chi connectivity index (χ2v) is 8.12. The van der Waals surface area contributed by atoms with Gasteiger partial charge >= 0.3 is 0 Å². The van der Waals surface area contributed by atoms with Gasteiger partial charge in [-0.1, -0.05) is 17.3 Å². The second-order valence-electron chi connectivity index (χ2n) is 8.12. The van der Waals surface area contributed by atoms with Gasteiger partial charge in [0.25, 0.3) is 0 Å². The van der Waals surface area contributed by atoms with E-state index in [9.17, 15) is 9.90 Å². The van der Waals surface area contributed by atoms with Crippen LogP contribution in [0.2, 0.25) is 0 Å². The van der Waals surface area contributed by atoms with E-state index in [1.54, 1.807) is 30.5 Å². The van der Waals surface area contributed by atoms with E-state index >= 15 is 0 Å². The second kappa shape index (κ2) is 7.87. The Morgan fingerprint density at radius 2 is 2.13 bits per heavy atom. The zero-order valence-corrected chi connectivity index (χ0v) is 16.6. The van der Waals surface area contributed by atoms with Crippen LogP contribution in [-0.2, 0) is 11.3 Å². The lowest BCUT2D eigenvalue weighted by molar-refractivity contribution is -0.127. The van der Waals surface area contributed by atoms with E-state index in [0.29, 0.717) is 17.6 Å². The van der Waals surface area contributed by atoms with Gasteiger partial charge in [-0.3, -0.25) is 19.4 Å². The summed E-state index contributed by atoms with van der Waals surface area (Å²) in [6.07, 6.45) is 5.70. The quantitative estimate of drug-likeness (QED) is 0.678. The van der Waals surface area contributed by atoms with E-state index in [1.807, 2.05) is 29.1 Å². The molecule has 6 rings (SSSR count). The van der Waals surface area contributed by atoms with Crippen LogP contribution in [0.15, 0.2) is 54.9 Å². The lowest BCUT2D eigenvalue weighted by Gasteiger charge is -2.49. The summed E-state index contributed by atoms with van der Waals surface area (Å²) in [6, 6.07) is 12.8. The molecule has 1 amide bonds. The third-order valence-corrected chi connectivity index (χ3v) is 6.19. The highest BCUT2D eigenvalue weighted by atomic mass is 16.3. The van der Waals surface area contributed by atoms with Crippen LogP contribution in [0.4, 0.5) is 5.69 Å². The van der Waals surface area contributed by atoms with Gasteiger partial charge in [-0.05, 0) is 49.6 Å². The number of amides is 1. The van der Waals surface area contributed by atoms with E-state index in [-0.39, 0.29) is 17.6 Å². The van der Waals surface area contributed by atoms with Crippen molar-refractivity contribution < 1.29 is 9.90 Å². The molecular weight excluding hydrogens is 380 g/mol. The van der Waals surface area contributed by atoms with E-state index in [0.717, 1.165) is 43.9 Å². The Balaban J connectivity index is 1.23. The molecule has 0 radical (unpaired) electrons. The Morgan fingerprint density at radius 3 is 2.90 bits per heavy atom. The van der Waals surface area contributed by atoms with Crippen LogP contribution in [0, 0.1) is 11.8 Å². The molecule has 3 aromatic rings. The number of nitrogens with zero attached hydrogens (tertiary/aromatic N) is 5. The Hall–Kier alpha value is -3.26. The third-order valence-electron chi connectivity index (χ3n) is 6.19. The van der Waals surface area contributed by atoms with Gasteiger partial charge in [0.15, 0.2) is 0 Å². The molecule has 3 aliphatic heterocycles. The van der Waals surface area contributed by atoms with Crippen molar-refractivity contribution in [1.82, 2.24) is 24.9 Å². The van der Waals surface area contributed by atoms with Crippen molar-refractivity contribution in [2.45, 2.75) is 25.4 Å². The van der Waals surface area contributed by atoms with Gasteiger partial charge in [-0.25, -0.2) is 0 Å². The number of benzene rings is 1. The summed E-state index contributed by atoms with van der Waals surface area (Å²) in [4.78, 5) is 19.6. The predicted molar refractivity (Wildman–Crippen MR) is 112 cm³/mol. The summed E-state index contributed by atoms with van der Waals surface area (Å²) in [7, 11) is 0. The Kier molecular flexibility index (Phi) is 4.92. The molecule has 2 N–H and O–H groups in total. The monoisotopic (exact) mass is 404 g/mol. The highest BCUT2D eigenvalue weighted by Crippen LogP contribution is 2.37. The molecule has 0 spiro atoms. The Morgan fingerprint density at radius 1 is 1.20 bits per heavy atom. The van der Waals surface area contributed by atoms with Crippen molar-refractivity contribution >= 4 is 11.6 Å². The minimum Gasteiger partial charge on any atom is -0.508 e. The topological polar surface area (TPSA) is 96.2 Å². The summed E-state index contributed by atoms with van der Waals surface area (Å²) in [5, 5.41) is 21.1. The molecule has 1 aromatic carbocycles. The average molecular weight is 404 g/mol. The highest BCUT2D eigenvalue weighted by Gasteiger charge is 2.43. The molecule has 8 nitrogen and oxygen atoms in total. The third kappa shape index (κ3) is 3.78. The molecular formula is C22H24N6O2. The minimum absolute atomic E-state index is 0.0304. The van der Waals surface area contributed by atoms with Gasteiger partial charge in [0.2, 0.25) is 5.91 Å². The standard InChI is InChI=1S/C22H24N6O2/c29-18-5-3-4-16(11-18)24-22(30)19-13-27-9-7-15(19)10-17(27)12-28-14-21(25-26-28)20-6-1-2-8-23-20/h1-6,8,11,14-15,17,19,29H,7,9-10,12-13H2,(H,24,30)/t15-,17+,19-/m0/s1. The number of aromatic nitrogens is 4. The van der Waals surface area contributed by atoms with Crippen molar-refractivity contribution in [3.63, 3.8) is 0 Å².